The molecule has 0 spiro atoms. The number of nitrogens with one attached hydrogen (secondary N) is 1. The zero-order valence-corrected chi connectivity index (χ0v) is 12.4. The smallest absolute Gasteiger partial charge is 0.0991 e. The van der Waals surface area contributed by atoms with Crippen molar-refractivity contribution in [3.63, 3.8) is 0 Å². The van der Waals surface area contributed by atoms with Crippen LogP contribution in [0, 0.1) is 11.3 Å². The Kier molecular flexibility index (Phi) is 4.52. The van der Waals surface area contributed by atoms with Crippen LogP contribution in [0.4, 0.5) is 0 Å². The Morgan fingerprint density at radius 1 is 1.27 bits per heavy atom. The number of β-amino-alcohol motifs (C(OH)–C–C–N with tert-alkyl or cyclic N) is 1. The van der Waals surface area contributed by atoms with Crippen molar-refractivity contribution in [2.45, 2.75) is 24.9 Å². The van der Waals surface area contributed by atoms with Crippen LogP contribution in [0.3, 0.4) is 0 Å². The van der Waals surface area contributed by atoms with Crippen molar-refractivity contribution in [1.82, 2.24) is 15.1 Å². The van der Waals surface area contributed by atoms with E-state index >= 15 is 0 Å². The largest absolute Gasteiger partial charge is 0.387 e. The van der Waals surface area contributed by atoms with Crippen LogP contribution in [0.25, 0.3) is 0 Å². The van der Waals surface area contributed by atoms with Gasteiger partial charge in [-0.3, -0.25) is 5.10 Å². The van der Waals surface area contributed by atoms with Gasteiger partial charge in [0.15, 0.2) is 0 Å². The Morgan fingerprint density at radius 3 is 2.59 bits per heavy atom. The van der Waals surface area contributed by atoms with E-state index in [1.165, 1.54) is 5.69 Å². The second-order valence-electron chi connectivity index (χ2n) is 5.84. The van der Waals surface area contributed by atoms with Crippen molar-refractivity contribution in [2.75, 3.05) is 19.6 Å². The Bertz CT molecular complexity index is 622. The molecule has 5 nitrogen and oxygen atoms in total. The molecule has 1 unspecified atom stereocenters. The van der Waals surface area contributed by atoms with E-state index in [1.807, 2.05) is 18.2 Å². The summed E-state index contributed by atoms with van der Waals surface area (Å²) >= 11 is 0. The number of rotatable bonds is 4. The quantitative estimate of drug-likeness (QED) is 0.907. The minimum Gasteiger partial charge on any atom is -0.387 e. The van der Waals surface area contributed by atoms with Gasteiger partial charge in [0.2, 0.25) is 0 Å². The number of hydrogen-bond donors (Lipinski definition) is 2. The lowest BCUT2D eigenvalue weighted by Gasteiger charge is -2.32. The Balaban J connectivity index is 1.52. The highest BCUT2D eigenvalue weighted by Gasteiger charge is 2.23. The third-order valence-electron chi connectivity index (χ3n) is 4.41. The lowest BCUT2D eigenvalue weighted by Crippen LogP contribution is -2.36. The molecule has 2 N–H and O–H groups in total. The van der Waals surface area contributed by atoms with Gasteiger partial charge in [-0.15, -0.1) is 0 Å². The van der Waals surface area contributed by atoms with E-state index in [1.54, 1.807) is 18.3 Å². The van der Waals surface area contributed by atoms with Crippen LogP contribution in [-0.4, -0.2) is 39.8 Å². The van der Waals surface area contributed by atoms with Gasteiger partial charge < -0.3 is 10.0 Å². The summed E-state index contributed by atoms with van der Waals surface area (Å²) in [6, 6.07) is 11.3. The Labute approximate surface area is 130 Å². The van der Waals surface area contributed by atoms with Gasteiger partial charge in [-0.25, -0.2) is 0 Å². The highest BCUT2D eigenvalue weighted by molar-refractivity contribution is 5.32. The van der Waals surface area contributed by atoms with Crippen LogP contribution in [0.2, 0.25) is 0 Å². The van der Waals surface area contributed by atoms with Crippen molar-refractivity contribution < 1.29 is 5.11 Å². The summed E-state index contributed by atoms with van der Waals surface area (Å²) in [4.78, 5) is 2.30. The fourth-order valence-corrected chi connectivity index (χ4v) is 3.05. The molecule has 0 radical (unpaired) electrons. The summed E-state index contributed by atoms with van der Waals surface area (Å²) in [6.45, 7) is 2.61. The van der Waals surface area contributed by atoms with Crippen LogP contribution in [-0.2, 0) is 0 Å². The van der Waals surface area contributed by atoms with Gasteiger partial charge >= 0.3 is 0 Å². The molecule has 1 fully saturated rings. The number of likely N-dealkylation sites (tertiary alicyclic amines) is 1. The molecule has 0 amide bonds. The van der Waals surface area contributed by atoms with Gasteiger partial charge in [0.25, 0.3) is 0 Å². The summed E-state index contributed by atoms with van der Waals surface area (Å²) in [5.41, 5.74) is 2.71. The topological polar surface area (TPSA) is 75.9 Å². The second-order valence-corrected chi connectivity index (χ2v) is 5.84. The zero-order chi connectivity index (χ0) is 15.4. The van der Waals surface area contributed by atoms with Crippen molar-refractivity contribution in [1.29, 1.82) is 5.26 Å². The van der Waals surface area contributed by atoms with E-state index in [-0.39, 0.29) is 0 Å². The maximum atomic E-state index is 10.3. The molecule has 3 rings (SSSR count). The summed E-state index contributed by atoms with van der Waals surface area (Å²) in [5.74, 6) is 0.547. The summed E-state index contributed by atoms with van der Waals surface area (Å²) in [6.07, 6.45) is 3.47. The fraction of sp³-hybridized carbons (Fsp3) is 0.412. The van der Waals surface area contributed by atoms with E-state index in [0.717, 1.165) is 31.5 Å². The van der Waals surface area contributed by atoms with Crippen LogP contribution >= 0.6 is 0 Å². The first-order valence-corrected chi connectivity index (χ1v) is 7.66. The molecule has 0 saturated carbocycles. The average molecular weight is 296 g/mol. The Hall–Kier alpha value is -2.16. The predicted octanol–water partition coefficient (Wildman–Crippen LogP) is 2.19. The molecule has 2 heterocycles. The SMILES string of the molecule is N#Cc1ccc(C(O)CN2CCC(c3ccn[nH]3)CC2)cc1. The minimum atomic E-state index is -0.503. The van der Waals surface area contributed by atoms with Crippen molar-refractivity contribution >= 4 is 0 Å². The van der Waals surface area contributed by atoms with Crippen LogP contribution in [0.15, 0.2) is 36.5 Å². The van der Waals surface area contributed by atoms with Crippen molar-refractivity contribution in [3.8, 4) is 6.07 Å². The van der Waals surface area contributed by atoms with E-state index < -0.39 is 6.10 Å². The molecular formula is C17H20N4O. The van der Waals surface area contributed by atoms with Crippen molar-refractivity contribution in [2.24, 2.45) is 0 Å². The fourth-order valence-electron chi connectivity index (χ4n) is 3.05. The molecule has 2 aromatic rings. The van der Waals surface area contributed by atoms with E-state index in [4.69, 9.17) is 5.26 Å². The third kappa shape index (κ3) is 3.35. The number of aromatic amines is 1. The monoisotopic (exact) mass is 296 g/mol. The molecule has 1 aliphatic rings. The van der Waals surface area contributed by atoms with Gasteiger partial charge in [-0.05, 0) is 49.7 Å². The number of nitriles is 1. The minimum absolute atomic E-state index is 0.503. The molecule has 1 aromatic carbocycles. The van der Waals surface area contributed by atoms with Crippen LogP contribution in [0.5, 0.6) is 0 Å². The van der Waals surface area contributed by atoms with E-state index in [0.29, 0.717) is 18.0 Å². The van der Waals surface area contributed by atoms with Gasteiger partial charge in [0.05, 0.1) is 17.7 Å². The first kappa shape index (κ1) is 14.8. The molecule has 1 aromatic heterocycles. The molecule has 0 aliphatic carbocycles. The highest BCUT2D eigenvalue weighted by atomic mass is 16.3. The van der Waals surface area contributed by atoms with Crippen LogP contribution in [0.1, 0.15) is 41.7 Å². The predicted molar refractivity (Wildman–Crippen MR) is 83.1 cm³/mol. The normalized spacial score (nSPS) is 18.0. The number of aliphatic hydroxyl groups is 1. The van der Waals surface area contributed by atoms with Gasteiger partial charge in [-0.1, -0.05) is 12.1 Å². The van der Waals surface area contributed by atoms with Crippen molar-refractivity contribution in [3.05, 3.63) is 53.3 Å². The van der Waals surface area contributed by atoms with Gasteiger partial charge in [0.1, 0.15) is 0 Å². The maximum Gasteiger partial charge on any atom is 0.0991 e. The number of H-pyrrole nitrogens is 1. The summed E-state index contributed by atoms with van der Waals surface area (Å²) in [7, 11) is 0. The zero-order valence-electron chi connectivity index (χ0n) is 12.4. The first-order valence-electron chi connectivity index (χ1n) is 7.66. The molecule has 114 valence electrons. The lowest BCUT2D eigenvalue weighted by atomic mass is 9.93. The summed E-state index contributed by atoms with van der Waals surface area (Å²) < 4.78 is 0. The Morgan fingerprint density at radius 2 is 2.00 bits per heavy atom. The lowest BCUT2D eigenvalue weighted by molar-refractivity contribution is 0.0969. The molecule has 5 heteroatoms. The number of aromatic nitrogens is 2. The number of aliphatic hydroxyl groups excluding tert-OH is 1. The third-order valence-corrected chi connectivity index (χ3v) is 4.41. The standard InChI is InChI=1S/C17H20N4O/c18-11-13-1-3-15(4-2-13)17(22)12-21-9-6-14(7-10-21)16-5-8-19-20-16/h1-5,8,14,17,22H,6-7,9-10,12H2,(H,19,20). The second kappa shape index (κ2) is 6.73. The molecule has 1 aliphatic heterocycles. The molecule has 0 bridgehead atoms. The molecule has 22 heavy (non-hydrogen) atoms. The number of benzene rings is 1. The number of piperidine rings is 1. The van der Waals surface area contributed by atoms with E-state index in [9.17, 15) is 5.11 Å². The summed E-state index contributed by atoms with van der Waals surface area (Å²) in [5, 5.41) is 26.2. The number of hydrogen-bond acceptors (Lipinski definition) is 4. The van der Waals surface area contributed by atoms with Crippen LogP contribution < -0.4 is 0 Å². The highest BCUT2D eigenvalue weighted by Crippen LogP contribution is 2.27. The molecule has 1 atom stereocenters. The maximum absolute atomic E-state index is 10.3. The van der Waals surface area contributed by atoms with Gasteiger partial charge in [0, 0.05) is 24.4 Å². The molecular weight excluding hydrogens is 276 g/mol. The average Bonchev–Trinajstić information content (AvgIpc) is 3.10. The van der Waals surface area contributed by atoms with Gasteiger partial charge in [-0.2, -0.15) is 10.4 Å². The van der Waals surface area contributed by atoms with E-state index in [2.05, 4.69) is 21.2 Å². The first-order chi connectivity index (χ1) is 10.8. The number of nitrogens with zero attached hydrogens (tertiary/aromatic N) is 3. The molecule has 1 saturated heterocycles.